The molecule has 1 fully saturated rings. The number of cyclic esters (lactones) is 1. The summed E-state index contributed by atoms with van der Waals surface area (Å²) < 4.78 is 4.87. The number of ether oxygens (including phenoxy) is 1. The predicted molar refractivity (Wildman–Crippen MR) is 42.3 cm³/mol. The summed E-state index contributed by atoms with van der Waals surface area (Å²) in [4.78, 5) is 13.0. The predicted octanol–water partition coefficient (Wildman–Crippen LogP) is 0.644. The fourth-order valence-electron chi connectivity index (χ4n) is 1.47. The van der Waals surface area contributed by atoms with Gasteiger partial charge in [0, 0.05) is 0 Å². The zero-order valence-electron chi connectivity index (χ0n) is 7.17. The summed E-state index contributed by atoms with van der Waals surface area (Å²) in [7, 11) is 0. The van der Waals surface area contributed by atoms with Crippen LogP contribution in [-0.2, 0) is 9.53 Å². The van der Waals surface area contributed by atoms with Gasteiger partial charge in [-0.15, -0.1) is 0 Å². The first-order valence-electron chi connectivity index (χ1n) is 4.17. The van der Waals surface area contributed by atoms with Crippen molar-refractivity contribution in [3.8, 4) is 0 Å². The molecule has 1 heterocycles. The number of likely N-dealkylation sites (N-methyl/N-ethyl adjacent to an activating group) is 1. The number of rotatable bonds is 3. The number of esters is 1. The summed E-state index contributed by atoms with van der Waals surface area (Å²) in [6.45, 7) is 6.79. The molecule has 64 valence electrons. The maximum atomic E-state index is 10.7. The first kappa shape index (κ1) is 8.53. The smallest absolute Gasteiger partial charge is 0.307 e. The highest BCUT2D eigenvalue weighted by atomic mass is 16.5. The molecule has 1 aliphatic rings. The molecule has 0 aromatic heterocycles. The Morgan fingerprint density at radius 3 is 2.55 bits per heavy atom. The second-order valence-corrected chi connectivity index (χ2v) is 2.76. The average molecular weight is 157 g/mol. The molecule has 1 atom stereocenters. The third-order valence-corrected chi connectivity index (χ3v) is 2.17. The van der Waals surface area contributed by atoms with Gasteiger partial charge in [-0.1, -0.05) is 13.8 Å². The summed E-state index contributed by atoms with van der Waals surface area (Å²) >= 11 is 0. The molecule has 1 saturated heterocycles. The Morgan fingerprint density at radius 1 is 1.55 bits per heavy atom. The number of hydrogen-bond acceptors (Lipinski definition) is 3. The van der Waals surface area contributed by atoms with E-state index < -0.39 is 0 Å². The molecule has 11 heavy (non-hydrogen) atoms. The van der Waals surface area contributed by atoms with E-state index in [0.717, 1.165) is 13.1 Å². The van der Waals surface area contributed by atoms with Gasteiger partial charge >= 0.3 is 5.97 Å². The van der Waals surface area contributed by atoms with Gasteiger partial charge < -0.3 is 4.74 Å². The minimum Gasteiger partial charge on any atom is -0.464 e. The highest BCUT2D eigenvalue weighted by molar-refractivity contribution is 5.72. The van der Waals surface area contributed by atoms with Crippen molar-refractivity contribution in [1.82, 2.24) is 4.90 Å². The molecule has 0 saturated carbocycles. The van der Waals surface area contributed by atoms with Crippen molar-refractivity contribution >= 4 is 5.97 Å². The van der Waals surface area contributed by atoms with E-state index in [9.17, 15) is 4.79 Å². The maximum Gasteiger partial charge on any atom is 0.307 e. The monoisotopic (exact) mass is 157 g/mol. The van der Waals surface area contributed by atoms with Gasteiger partial charge in [-0.2, -0.15) is 0 Å². The summed E-state index contributed by atoms with van der Waals surface area (Å²) in [5, 5.41) is 0. The zero-order chi connectivity index (χ0) is 8.27. The lowest BCUT2D eigenvalue weighted by molar-refractivity contribution is -0.137. The summed E-state index contributed by atoms with van der Waals surface area (Å²) in [6, 6.07) is 0.331. The highest BCUT2D eigenvalue weighted by Crippen LogP contribution is 2.12. The van der Waals surface area contributed by atoms with Crippen molar-refractivity contribution in [1.29, 1.82) is 0 Å². The largest absolute Gasteiger partial charge is 0.464 e. The molecule has 1 aliphatic heterocycles. The fraction of sp³-hybridized carbons (Fsp3) is 0.875. The van der Waals surface area contributed by atoms with Crippen LogP contribution in [0.3, 0.4) is 0 Å². The van der Waals surface area contributed by atoms with E-state index in [1.165, 1.54) is 0 Å². The molecule has 0 bridgehead atoms. The highest BCUT2D eigenvalue weighted by Gasteiger charge is 2.27. The summed E-state index contributed by atoms with van der Waals surface area (Å²) in [5.41, 5.74) is 0. The van der Waals surface area contributed by atoms with Crippen LogP contribution in [0.2, 0.25) is 0 Å². The second kappa shape index (κ2) is 3.72. The Hall–Kier alpha value is -0.570. The third kappa shape index (κ3) is 1.93. The second-order valence-electron chi connectivity index (χ2n) is 2.76. The molecule has 0 spiro atoms. The van der Waals surface area contributed by atoms with Crippen LogP contribution in [0.5, 0.6) is 0 Å². The number of carbonyl (C=O) groups excluding carboxylic acids is 1. The van der Waals surface area contributed by atoms with Gasteiger partial charge in [-0.25, -0.2) is 0 Å². The van der Waals surface area contributed by atoms with Crippen LogP contribution < -0.4 is 0 Å². The van der Waals surface area contributed by atoms with Gasteiger partial charge in [0.1, 0.15) is 6.61 Å². The van der Waals surface area contributed by atoms with Crippen LogP contribution in [0.4, 0.5) is 0 Å². The number of nitrogens with zero attached hydrogens (tertiary/aromatic N) is 1. The molecule has 1 rings (SSSR count). The molecular formula is C8H15NO2. The van der Waals surface area contributed by atoms with Gasteiger partial charge in [0.2, 0.25) is 0 Å². The molecular weight excluding hydrogens is 142 g/mol. The number of hydrogen-bond donors (Lipinski definition) is 0. The van der Waals surface area contributed by atoms with Crippen LogP contribution in [0.25, 0.3) is 0 Å². The van der Waals surface area contributed by atoms with Crippen LogP contribution in [0, 0.1) is 0 Å². The molecule has 0 aliphatic carbocycles. The molecule has 0 aromatic rings. The van der Waals surface area contributed by atoms with E-state index in [1.54, 1.807) is 0 Å². The van der Waals surface area contributed by atoms with Crippen molar-refractivity contribution in [2.45, 2.75) is 26.3 Å². The van der Waals surface area contributed by atoms with Crippen molar-refractivity contribution < 1.29 is 9.53 Å². The Bertz CT molecular complexity index is 143. The average Bonchev–Trinajstić information content (AvgIpc) is 2.39. The molecule has 0 radical (unpaired) electrons. The Kier molecular flexibility index (Phi) is 2.88. The van der Waals surface area contributed by atoms with Crippen molar-refractivity contribution in [2.24, 2.45) is 0 Å². The Balaban J connectivity index is 2.40. The minimum absolute atomic E-state index is 0.0538. The van der Waals surface area contributed by atoms with E-state index >= 15 is 0 Å². The molecule has 0 amide bonds. The first-order chi connectivity index (χ1) is 5.27. The van der Waals surface area contributed by atoms with E-state index in [4.69, 9.17) is 4.74 Å². The summed E-state index contributed by atoms with van der Waals surface area (Å²) in [6.07, 6.45) is 0.571. The standard InChI is InChI=1S/C8H15NO2/c1-3-9(4-2)7-5-8(10)11-6-7/h7H,3-6H2,1-2H3. The first-order valence-corrected chi connectivity index (χ1v) is 4.17. The minimum atomic E-state index is -0.0538. The summed E-state index contributed by atoms with van der Waals surface area (Å²) in [5.74, 6) is -0.0538. The maximum absolute atomic E-state index is 10.7. The molecule has 3 nitrogen and oxygen atoms in total. The van der Waals surface area contributed by atoms with Crippen LogP contribution in [-0.4, -0.2) is 36.6 Å². The van der Waals surface area contributed by atoms with E-state index in [0.29, 0.717) is 19.1 Å². The van der Waals surface area contributed by atoms with Crippen molar-refractivity contribution in [3.05, 3.63) is 0 Å². The quantitative estimate of drug-likeness (QED) is 0.563. The molecule has 0 aromatic carbocycles. The van der Waals surface area contributed by atoms with Crippen LogP contribution >= 0.6 is 0 Å². The normalized spacial score (nSPS) is 24.3. The fourth-order valence-corrected chi connectivity index (χ4v) is 1.47. The van der Waals surface area contributed by atoms with Gasteiger partial charge in [0.05, 0.1) is 12.5 Å². The molecule has 1 unspecified atom stereocenters. The van der Waals surface area contributed by atoms with E-state index in [1.807, 2.05) is 0 Å². The SMILES string of the molecule is CCN(CC)C1COC(=O)C1. The third-order valence-electron chi connectivity index (χ3n) is 2.17. The van der Waals surface area contributed by atoms with Gasteiger partial charge in [0.15, 0.2) is 0 Å². The lowest BCUT2D eigenvalue weighted by Crippen LogP contribution is -2.35. The zero-order valence-corrected chi connectivity index (χ0v) is 7.17. The van der Waals surface area contributed by atoms with Crippen LogP contribution in [0.1, 0.15) is 20.3 Å². The lowest BCUT2D eigenvalue weighted by Gasteiger charge is -2.22. The van der Waals surface area contributed by atoms with Gasteiger partial charge in [-0.3, -0.25) is 9.69 Å². The van der Waals surface area contributed by atoms with E-state index in [2.05, 4.69) is 18.7 Å². The van der Waals surface area contributed by atoms with Crippen molar-refractivity contribution in [3.63, 3.8) is 0 Å². The van der Waals surface area contributed by atoms with Crippen molar-refractivity contribution in [2.75, 3.05) is 19.7 Å². The lowest BCUT2D eigenvalue weighted by atomic mass is 10.2. The Morgan fingerprint density at radius 2 is 2.18 bits per heavy atom. The van der Waals surface area contributed by atoms with E-state index in [-0.39, 0.29) is 5.97 Å². The van der Waals surface area contributed by atoms with Crippen LogP contribution in [0.15, 0.2) is 0 Å². The molecule has 0 N–H and O–H groups in total. The Labute approximate surface area is 67.3 Å². The topological polar surface area (TPSA) is 29.5 Å². The van der Waals surface area contributed by atoms with Gasteiger partial charge in [0.25, 0.3) is 0 Å². The van der Waals surface area contributed by atoms with Gasteiger partial charge in [-0.05, 0) is 13.1 Å². The molecule has 3 heteroatoms. The number of carbonyl (C=O) groups is 1.